The molecule has 0 unspecified atom stereocenters. The third-order valence-corrected chi connectivity index (χ3v) is 4.13. The van der Waals surface area contributed by atoms with Crippen molar-refractivity contribution in [3.8, 4) is 0 Å². The molecule has 1 aliphatic heterocycles. The van der Waals surface area contributed by atoms with Crippen molar-refractivity contribution in [3.63, 3.8) is 0 Å². The number of ether oxygens (including phenoxy) is 1. The first-order valence-corrected chi connectivity index (χ1v) is 8.39. The third-order valence-electron chi connectivity index (χ3n) is 4.13. The number of fused-ring (bicyclic) bond motifs is 1. The van der Waals surface area contributed by atoms with Gasteiger partial charge in [0.1, 0.15) is 6.54 Å². The second-order valence-electron chi connectivity index (χ2n) is 6.23. The van der Waals surface area contributed by atoms with Crippen molar-refractivity contribution < 1.29 is 23.9 Å². The zero-order valence-electron chi connectivity index (χ0n) is 14.9. The van der Waals surface area contributed by atoms with Gasteiger partial charge in [-0.25, -0.2) is 0 Å². The summed E-state index contributed by atoms with van der Waals surface area (Å²) in [6.45, 7) is 2.89. The van der Waals surface area contributed by atoms with E-state index in [1.54, 1.807) is 36.4 Å². The summed E-state index contributed by atoms with van der Waals surface area (Å²) < 4.78 is 5.12. The van der Waals surface area contributed by atoms with Crippen LogP contribution in [0.1, 0.15) is 22.8 Å². The Labute approximate surface area is 155 Å². The summed E-state index contributed by atoms with van der Waals surface area (Å²) in [6.07, 6.45) is -1.05. The van der Waals surface area contributed by atoms with Crippen LogP contribution in [0.2, 0.25) is 0 Å². The highest BCUT2D eigenvalue weighted by atomic mass is 16.5. The molecule has 1 aliphatic rings. The van der Waals surface area contributed by atoms with Gasteiger partial charge < -0.3 is 10.1 Å². The first-order valence-electron chi connectivity index (χ1n) is 8.39. The van der Waals surface area contributed by atoms with Crippen molar-refractivity contribution in [2.45, 2.75) is 20.0 Å². The lowest BCUT2D eigenvalue weighted by atomic mass is 10.1. The number of Topliss-reactive ketones (excluding diaryl/α,β-unsaturated/α-hetero) is 1. The Morgan fingerprint density at radius 1 is 1.11 bits per heavy atom. The number of para-hydroxylation sites is 1. The molecule has 1 N–H and O–H groups in total. The molecule has 2 aromatic rings. The van der Waals surface area contributed by atoms with Crippen LogP contribution in [0.15, 0.2) is 48.5 Å². The van der Waals surface area contributed by atoms with Crippen LogP contribution in [0, 0.1) is 6.92 Å². The van der Waals surface area contributed by atoms with Crippen LogP contribution in [-0.4, -0.2) is 36.2 Å². The minimum atomic E-state index is -1.05. The molecule has 1 atom stereocenters. The molecule has 7 heteroatoms. The molecule has 1 heterocycles. The van der Waals surface area contributed by atoms with Crippen molar-refractivity contribution >= 4 is 34.9 Å². The summed E-state index contributed by atoms with van der Waals surface area (Å²) in [4.78, 5) is 49.4. The Kier molecular flexibility index (Phi) is 5.03. The molecule has 0 aliphatic carbocycles. The molecule has 0 spiro atoms. The van der Waals surface area contributed by atoms with Crippen molar-refractivity contribution in [2.24, 2.45) is 0 Å². The SMILES string of the molecule is Cc1cccc(NC(=O)[C@@H](C)OC(=O)CN2C(=O)C(=O)c3ccccc32)c1. The van der Waals surface area contributed by atoms with Gasteiger partial charge in [0.25, 0.3) is 17.6 Å². The largest absolute Gasteiger partial charge is 0.451 e. The van der Waals surface area contributed by atoms with E-state index >= 15 is 0 Å². The number of ketones is 1. The van der Waals surface area contributed by atoms with Crippen LogP contribution in [0.3, 0.4) is 0 Å². The topological polar surface area (TPSA) is 92.8 Å². The van der Waals surface area contributed by atoms with Gasteiger partial charge in [0.05, 0.1) is 11.3 Å². The van der Waals surface area contributed by atoms with E-state index in [2.05, 4.69) is 5.32 Å². The lowest BCUT2D eigenvalue weighted by molar-refractivity contribution is -0.152. The summed E-state index contributed by atoms with van der Waals surface area (Å²) in [7, 11) is 0. The highest BCUT2D eigenvalue weighted by Gasteiger charge is 2.37. The van der Waals surface area contributed by atoms with E-state index in [1.165, 1.54) is 13.0 Å². The molecule has 0 bridgehead atoms. The van der Waals surface area contributed by atoms with Crippen LogP contribution < -0.4 is 10.2 Å². The summed E-state index contributed by atoms with van der Waals surface area (Å²) in [5.41, 5.74) is 2.19. The molecule has 2 aromatic carbocycles. The smallest absolute Gasteiger partial charge is 0.326 e. The van der Waals surface area contributed by atoms with Gasteiger partial charge in [-0.3, -0.25) is 24.1 Å². The highest BCUT2D eigenvalue weighted by Crippen LogP contribution is 2.28. The molecule has 138 valence electrons. The fourth-order valence-corrected chi connectivity index (χ4v) is 2.79. The number of nitrogens with one attached hydrogen (secondary N) is 1. The maximum absolute atomic E-state index is 12.2. The van der Waals surface area contributed by atoms with Crippen molar-refractivity contribution in [1.82, 2.24) is 0 Å². The monoisotopic (exact) mass is 366 g/mol. The van der Waals surface area contributed by atoms with Gasteiger partial charge in [-0.2, -0.15) is 0 Å². The van der Waals surface area contributed by atoms with E-state index in [-0.39, 0.29) is 5.56 Å². The normalized spacial score (nSPS) is 13.9. The van der Waals surface area contributed by atoms with E-state index in [9.17, 15) is 19.2 Å². The molecule has 0 saturated heterocycles. The quantitative estimate of drug-likeness (QED) is 0.646. The first kappa shape index (κ1) is 18.3. The number of anilines is 2. The summed E-state index contributed by atoms with van der Waals surface area (Å²) in [5.74, 6) is -2.72. The number of hydrogen-bond donors (Lipinski definition) is 1. The van der Waals surface area contributed by atoms with E-state index in [0.717, 1.165) is 10.5 Å². The Balaban J connectivity index is 1.61. The maximum Gasteiger partial charge on any atom is 0.326 e. The molecule has 0 fully saturated rings. The lowest BCUT2D eigenvalue weighted by Crippen LogP contribution is -2.38. The second-order valence-corrected chi connectivity index (χ2v) is 6.23. The molecule has 0 radical (unpaired) electrons. The molecule has 0 aromatic heterocycles. The van der Waals surface area contributed by atoms with E-state index in [4.69, 9.17) is 4.74 Å². The number of hydrogen-bond acceptors (Lipinski definition) is 5. The van der Waals surface area contributed by atoms with Gasteiger partial charge in [0.2, 0.25) is 0 Å². The van der Waals surface area contributed by atoms with Crippen LogP contribution in [0.25, 0.3) is 0 Å². The molecular formula is C20H18N2O5. The van der Waals surface area contributed by atoms with Crippen LogP contribution in [0.5, 0.6) is 0 Å². The minimum Gasteiger partial charge on any atom is -0.451 e. The molecule has 27 heavy (non-hydrogen) atoms. The number of benzene rings is 2. The first-order chi connectivity index (χ1) is 12.9. The van der Waals surface area contributed by atoms with Crippen LogP contribution in [-0.2, 0) is 19.1 Å². The van der Waals surface area contributed by atoms with Gasteiger partial charge in [-0.05, 0) is 43.7 Å². The average Bonchev–Trinajstić information content (AvgIpc) is 2.87. The Morgan fingerprint density at radius 3 is 2.59 bits per heavy atom. The number of rotatable bonds is 5. The van der Waals surface area contributed by atoms with E-state index < -0.39 is 36.2 Å². The van der Waals surface area contributed by atoms with Gasteiger partial charge in [0.15, 0.2) is 6.10 Å². The second kappa shape index (κ2) is 7.41. The molecular weight excluding hydrogens is 348 g/mol. The van der Waals surface area contributed by atoms with Crippen LogP contribution in [0.4, 0.5) is 11.4 Å². The van der Waals surface area contributed by atoms with Crippen LogP contribution >= 0.6 is 0 Å². The third kappa shape index (κ3) is 3.87. The number of carbonyl (C=O) groups excluding carboxylic acids is 4. The number of amides is 2. The fourth-order valence-electron chi connectivity index (χ4n) is 2.79. The predicted molar refractivity (Wildman–Crippen MR) is 98.5 cm³/mol. The van der Waals surface area contributed by atoms with Gasteiger partial charge >= 0.3 is 5.97 Å². The predicted octanol–water partition coefficient (Wildman–Crippen LogP) is 2.09. The minimum absolute atomic E-state index is 0.250. The van der Waals surface area contributed by atoms with Crippen molar-refractivity contribution in [1.29, 1.82) is 0 Å². The fraction of sp³-hybridized carbons (Fsp3) is 0.200. The number of aryl methyl sites for hydroxylation is 1. The van der Waals surface area contributed by atoms with Gasteiger partial charge in [0, 0.05) is 5.69 Å². The van der Waals surface area contributed by atoms with E-state index in [0.29, 0.717) is 11.4 Å². The summed E-state index contributed by atoms with van der Waals surface area (Å²) in [5, 5.41) is 2.66. The molecule has 3 rings (SSSR count). The zero-order chi connectivity index (χ0) is 19.6. The van der Waals surface area contributed by atoms with Gasteiger partial charge in [-0.15, -0.1) is 0 Å². The Hall–Kier alpha value is -3.48. The number of carbonyl (C=O) groups is 4. The van der Waals surface area contributed by atoms with Crippen molar-refractivity contribution in [2.75, 3.05) is 16.8 Å². The number of nitrogens with zero attached hydrogens (tertiary/aromatic N) is 1. The maximum atomic E-state index is 12.2. The highest BCUT2D eigenvalue weighted by molar-refractivity contribution is 6.52. The lowest BCUT2D eigenvalue weighted by Gasteiger charge is -2.18. The summed E-state index contributed by atoms with van der Waals surface area (Å²) >= 11 is 0. The molecule has 0 saturated carbocycles. The molecule has 7 nitrogen and oxygen atoms in total. The van der Waals surface area contributed by atoms with Crippen molar-refractivity contribution in [3.05, 3.63) is 59.7 Å². The average molecular weight is 366 g/mol. The Morgan fingerprint density at radius 2 is 1.85 bits per heavy atom. The molecule has 2 amide bonds. The Bertz CT molecular complexity index is 937. The standard InChI is InChI=1S/C20H18N2O5/c1-12-6-5-7-14(10-12)21-19(25)13(2)27-17(23)11-22-16-9-4-3-8-15(16)18(24)20(22)26/h3-10,13H,11H2,1-2H3,(H,21,25)/t13-/m1/s1. The zero-order valence-corrected chi connectivity index (χ0v) is 14.9. The number of esters is 1. The van der Waals surface area contributed by atoms with E-state index in [1.807, 2.05) is 13.0 Å². The summed E-state index contributed by atoms with van der Waals surface area (Å²) in [6, 6.07) is 13.6. The van der Waals surface area contributed by atoms with Gasteiger partial charge in [-0.1, -0.05) is 24.3 Å².